The van der Waals surface area contributed by atoms with Crippen molar-refractivity contribution in [3.8, 4) is 11.5 Å². The van der Waals surface area contributed by atoms with Crippen LogP contribution in [0.5, 0.6) is 11.5 Å². The highest BCUT2D eigenvalue weighted by molar-refractivity contribution is 7.91. The fraction of sp³-hybridized carbons (Fsp3) is 0.634. The zero-order valence-corrected chi connectivity index (χ0v) is 34.7. The van der Waals surface area contributed by atoms with Gasteiger partial charge in [-0.2, -0.15) is 13.2 Å². The van der Waals surface area contributed by atoms with E-state index >= 15 is 4.79 Å². The molecular formula is C41H52F3N5O9S. The zero-order chi connectivity index (χ0) is 42.9. The molecule has 7 rings (SSSR count). The molecule has 59 heavy (non-hydrogen) atoms. The monoisotopic (exact) mass is 847 g/mol. The van der Waals surface area contributed by atoms with Crippen LogP contribution >= 0.6 is 0 Å². The number of amides is 4. The van der Waals surface area contributed by atoms with E-state index in [0.29, 0.717) is 56.1 Å². The minimum Gasteiger partial charge on any atom is -0.497 e. The number of rotatable bonds is 7. The summed E-state index contributed by atoms with van der Waals surface area (Å²) < 4.78 is 84.0. The van der Waals surface area contributed by atoms with Crippen LogP contribution in [0.2, 0.25) is 0 Å². The number of benzene rings is 1. The number of alkyl halides is 3. The number of nitrogens with zero attached hydrogens (tertiary/aromatic N) is 3. The molecule has 3 N–H and O–H groups in total. The molecular weight excluding hydrogens is 796 g/mol. The maximum atomic E-state index is 15.1. The highest BCUT2D eigenvalue weighted by Crippen LogP contribution is 2.52. The lowest BCUT2D eigenvalue weighted by molar-refractivity contribution is -0.148. The van der Waals surface area contributed by atoms with Gasteiger partial charge in [-0.05, 0) is 96.8 Å². The van der Waals surface area contributed by atoms with Crippen LogP contribution in [-0.4, -0.2) is 99.3 Å². The van der Waals surface area contributed by atoms with Crippen molar-refractivity contribution in [2.24, 2.45) is 5.92 Å². The number of carbonyl (C=O) groups is 4. The normalized spacial score (nSPS) is 30.3. The summed E-state index contributed by atoms with van der Waals surface area (Å²) in [5, 5.41) is 13.7. The predicted octanol–water partition coefficient (Wildman–Crippen LogP) is 5.86. The fourth-order valence-corrected chi connectivity index (χ4v) is 10.5. The summed E-state index contributed by atoms with van der Waals surface area (Å²) in [5.74, 6) is -3.20. The van der Waals surface area contributed by atoms with Crippen molar-refractivity contribution >= 4 is 44.7 Å². The number of ether oxygens (including phenoxy) is 2. The molecule has 2 aromatic rings. The first-order valence-corrected chi connectivity index (χ1v) is 21.9. The third-order valence-electron chi connectivity index (χ3n) is 13.5. The third-order valence-corrected chi connectivity index (χ3v) is 15.6. The summed E-state index contributed by atoms with van der Waals surface area (Å²) in [6.45, 7) is 6.57. The number of hydrogen-bond donors (Lipinski definition) is 3. The van der Waals surface area contributed by atoms with E-state index in [0.717, 1.165) is 4.90 Å². The lowest BCUT2D eigenvalue weighted by Crippen LogP contribution is -2.61. The Kier molecular flexibility index (Phi) is 10.9. The highest BCUT2D eigenvalue weighted by atomic mass is 32.2. The lowest BCUT2D eigenvalue weighted by atomic mass is 9.83. The molecule has 1 aromatic carbocycles. The molecule has 322 valence electrons. The Morgan fingerprint density at radius 1 is 1.17 bits per heavy atom. The number of carbonyl (C=O) groups excluding carboxylic acids is 3. The van der Waals surface area contributed by atoms with Gasteiger partial charge in [0, 0.05) is 29.3 Å². The van der Waals surface area contributed by atoms with Gasteiger partial charge in [-0.1, -0.05) is 31.9 Å². The van der Waals surface area contributed by atoms with Crippen LogP contribution in [0.25, 0.3) is 10.9 Å². The number of halogens is 3. The Morgan fingerprint density at radius 2 is 1.90 bits per heavy atom. The molecule has 1 saturated heterocycles. The number of aromatic nitrogens is 1. The molecule has 0 bridgehead atoms. The first kappa shape index (κ1) is 42.5. The molecule has 1 aromatic heterocycles. The molecule has 3 aliphatic heterocycles. The fourth-order valence-electron chi connectivity index (χ4n) is 9.16. The second-order valence-corrected chi connectivity index (χ2v) is 19.3. The predicted molar refractivity (Wildman–Crippen MR) is 209 cm³/mol. The van der Waals surface area contributed by atoms with Gasteiger partial charge in [-0.25, -0.2) is 18.2 Å². The van der Waals surface area contributed by atoms with Crippen LogP contribution in [0.3, 0.4) is 0 Å². The van der Waals surface area contributed by atoms with Crippen LogP contribution in [0, 0.1) is 5.92 Å². The largest absolute Gasteiger partial charge is 0.497 e. The van der Waals surface area contributed by atoms with Crippen molar-refractivity contribution in [3.63, 3.8) is 0 Å². The Morgan fingerprint density at radius 3 is 2.54 bits per heavy atom. The summed E-state index contributed by atoms with van der Waals surface area (Å²) in [7, 11) is -2.68. The SMILES string of the molecule is CCC(C)N(C(=O)O)[C@H]1CCCCC/C=C\[C@@H]2C[C@@]2(C(=O)NS(=O)(=O)C2(C)CC2)NC(=O)[C@@H]2C[C@]3(CCc4c(c(C(F)(F)F)nc5ccc(OC)cc45)O3)C(C)N2C1=O. The molecule has 2 unspecified atom stereocenters. The molecule has 3 fully saturated rings. The first-order valence-electron chi connectivity index (χ1n) is 20.4. The van der Waals surface area contributed by atoms with E-state index in [2.05, 4.69) is 15.0 Å². The van der Waals surface area contributed by atoms with Gasteiger partial charge in [-0.15, -0.1) is 0 Å². The van der Waals surface area contributed by atoms with Crippen LogP contribution in [0.4, 0.5) is 18.0 Å². The molecule has 1 spiro atoms. The summed E-state index contributed by atoms with van der Waals surface area (Å²) in [6.07, 6.45) is 0.782. The maximum Gasteiger partial charge on any atom is 0.437 e. The molecule has 2 aliphatic carbocycles. The smallest absolute Gasteiger partial charge is 0.437 e. The Balaban J connectivity index is 1.33. The second kappa shape index (κ2) is 15.1. The van der Waals surface area contributed by atoms with Gasteiger partial charge in [0.25, 0.3) is 5.91 Å². The number of methoxy groups -OCH3 is 1. The zero-order valence-electron chi connectivity index (χ0n) is 33.9. The van der Waals surface area contributed by atoms with Gasteiger partial charge in [-0.3, -0.25) is 24.0 Å². The minimum atomic E-state index is -4.95. The second-order valence-electron chi connectivity index (χ2n) is 17.1. The van der Waals surface area contributed by atoms with Crippen LogP contribution in [0.1, 0.15) is 110 Å². The van der Waals surface area contributed by atoms with Gasteiger partial charge in [0.1, 0.15) is 29.0 Å². The number of sulfonamides is 1. The number of aryl methyl sites for hydroxylation is 1. The summed E-state index contributed by atoms with van der Waals surface area (Å²) in [4.78, 5) is 63.2. The van der Waals surface area contributed by atoms with Crippen molar-refractivity contribution < 1.29 is 55.3 Å². The molecule has 18 heteroatoms. The number of allylic oxidation sites excluding steroid dienone is 1. The van der Waals surface area contributed by atoms with E-state index in [9.17, 15) is 41.1 Å². The van der Waals surface area contributed by atoms with Crippen LogP contribution in [0.15, 0.2) is 30.4 Å². The van der Waals surface area contributed by atoms with Crippen molar-refractivity contribution in [1.29, 1.82) is 0 Å². The van der Waals surface area contributed by atoms with E-state index in [1.165, 1.54) is 31.1 Å². The van der Waals surface area contributed by atoms with E-state index in [-0.39, 0.29) is 43.2 Å². The maximum absolute atomic E-state index is 15.1. The number of nitrogens with one attached hydrogen (secondary N) is 2. The van der Waals surface area contributed by atoms with Crippen molar-refractivity contribution in [1.82, 2.24) is 24.8 Å². The Hall–Kier alpha value is -4.61. The molecule has 7 atom stereocenters. The van der Waals surface area contributed by atoms with Gasteiger partial charge in [0.2, 0.25) is 21.8 Å². The number of fused-ring (bicyclic) bond motifs is 5. The molecule has 5 aliphatic rings. The van der Waals surface area contributed by atoms with E-state index in [4.69, 9.17) is 9.47 Å². The Bertz CT molecular complexity index is 2200. The lowest BCUT2D eigenvalue weighted by Gasteiger charge is -2.42. The quantitative estimate of drug-likeness (QED) is 0.286. The van der Waals surface area contributed by atoms with E-state index in [1.54, 1.807) is 32.9 Å². The topological polar surface area (TPSA) is 185 Å². The average molecular weight is 848 g/mol. The summed E-state index contributed by atoms with van der Waals surface area (Å²) in [5.41, 5.74) is -4.25. The van der Waals surface area contributed by atoms with Crippen molar-refractivity contribution in [2.75, 3.05) is 7.11 Å². The van der Waals surface area contributed by atoms with Crippen molar-refractivity contribution in [3.05, 3.63) is 41.6 Å². The minimum absolute atomic E-state index is 0.0404. The van der Waals surface area contributed by atoms with Gasteiger partial charge in [0.05, 0.1) is 23.4 Å². The number of pyridine rings is 1. The summed E-state index contributed by atoms with van der Waals surface area (Å²) >= 11 is 0. The van der Waals surface area contributed by atoms with Crippen LogP contribution in [-0.2, 0) is 37.0 Å². The molecule has 14 nitrogen and oxygen atoms in total. The molecule has 0 radical (unpaired) electrons. The first-order chi connectivity index (χ1) is 27.7. The standard InChI is InChI=1S/C41H52F3N5O9S/c1-6-23(2)48(37(53)54)30-13-11-9-7-8-10-12-25-21-40(25,36(52)47-59(55,56)38(4)18-19-38)46-34(50)31-22-39(24(3)49(31)35(30)51)17-16-27-28-20-26(57-5)14-15-29(28)45-33(32(27)58-39)41(42,43)44/h10,12,14-15,20,23-25,30-31H,6-9,11,13,16-19,21-22H2,1-5H3,(H,46,50)(H,47,52)(H,53,54)/b12-10-/t23?,24?,25-,30+,31+,39-,40-/m1/s1. The highest BCUT2D eigenvalue weighted by Gasteiger charge is 2.65. The van der Waals surface area contributed by atoms with Crippen LogP contribution < -0.4 is 19.5 Å². The number of hydrogen-bond acceptors (Lipinski definition) is 9. The average Bonchev–Trinajstić information content (AvgIpc) is 4.09. The van der Waals surface area contributed by atoms with E-state index < -0.39 is 97.4 Å². The molecule has 4 amide bonds. The van der Waals surface area contributed by atoms with E-state index in [1.807, 2.05) is 6.08 Å². The third kappa shape index (κ3) is 7.47. The van der Waals surface area contributed by atoms with Crippen molar-refractivity contribution in [2.45, 2.75) is 151 Å². The number of carboxylic acid groups (broad SMARTS) is 1. The van der Waals surface area contributed by atoms with Gasteiger partial charge < -0.3 is 24.8 Å². The molecule has 4 heterocycles. The molecule has 2 saturated carbocycles. The van der Waals surface area contributed by atoms with Gasteiger partial charge in [0.15, 0.2) is 11.4 Å². The Labute approximate surface area is 341 Å². The summed E-state index contributed by atoms with van der Waals surface area (Å²) in [6, 6.07) is 0.120. The van der Waals surface area contributed by atoms with Gasteiger partial charge >= 0.3 is 12.3 Å².